The van der Waals surface area contributed by atoms with E-state index < -0.39 is 5.97 Å². The molecule has 0 aromatic heterocycles. The van der Waals surface area contributed by atoms with Gasteiger partial charge in [0.15, 0.2) is 0 Å². The van der Waals surface area contributed by atoms with Crippen molar-refractivity contribution in [1.82, 2.24) is 4.90 Å². The van der Waals surface area contributed by atoms with Crippen LogP contribution in [0.5, 0.6) is 0 Å². The SMILES string of the molecule is CC(C)N1CC2CCCC(C1)C2C(=O)O. The number of nitrogens with zero attached hydrogens (tertiary/aromatic N) is 1. The standard InChI is InChI=1S/C12H21NO2/c1-8(2)13-6-9-4-3-5-10(7-13)11(9)12(14)15/h8-11H,3-7H2,1-2H3,(H,14,15). The van der Waals surface area contributed by atoms with Gasteiger partial charge in [0.2, 0.25) is 0 Å². The maximum atomic E-state index is 11.2. The average Bonchev–Trinajstić information content (AvgIpc) is 2.15. The van der Waals surface area contributed by atoms with Gasteiger partial charge in [0, 0.05) is 19.1 Å². The Kier molecular flexibility index (Phi) is 3.01. The Balaban J connectivity index is 2.11. The minimum atomic E-state index is -0.562. The van der Waals surface area contributed by atoms with E-state index in [9.17, 15) is 9.90 Å². The molecule has 2 rings (SSSR count). The number of rotatable bonds is 2. The number of piperidine rings is 1. The van der Waals surface area contributed by atoms with Crippen LogP contribution in [0.15, 0.2) is 0 Å². The molecule has 2 fully saturated rings. The van der Waals surface area contributed by atoms with Gasteiger partial charge in [0.05, 0.1) is 5.92 Å². The summed E-state index contributed by atoms with van der Waals surface area (Å²) in [7, 11) is 0. The van der Waals surface area contributed by atoms with Crippen LogP contribution in [0.4, 0.5) is 0 Å². The van der Waals surface area contributed by atoms with E-state index in [1.165, 1.54) is 6.42 Å². The lowest BCUT2D eigenvalue weighted by atomic mass is 9.69. The molecule has 0 radical (unpaired) electrons. The number of hydrogen-bond acceptors (Lipinski definition) is 2. The summed E-state index contributed by atoms with van der Waals surface area (Å²) in [4.78, 5) is 13.7. The van der Waals surface area contributed by atoms with Crippen LogP contribution in [0.3, 0.4) is 0 Å². The van der Waals surface area contributed by atoms with Crippen LogP contribution in [0, 0.1) is 17.8 Å². The second-order valence-electron chi connectivity index (χ2n) is 5.36. The first-order valence-corrected chi connectivity index (χ1v) is 6.06. The molecule has 1 aliphatic heterocycles. The zero-order chi connectivity index (χ0) is 11.0. The lowest BCUT2D eigenvalue weighted by molar-refractivity contribution is -0.151. The van der Waals surface area contributed by atoms with Gasteiger partial charge in [-0.25, -0.2) is 0 Å². The van der Waals surface area contributed by atoms with E-state index in [4.69, 9.17) is 0 Å². The van der Waals surface area contributed by atoms with Crippen LogP contribution in [-0.4, -0.2) is 35.1 Å². The molecular weight excluding hydrogens is 190 g/mol. The van der Waals surface area contributed by atoms with E-state index >= 15 is 0 Å². The van der Waals surface area contributed by atoms with Gasteiger partial charge in [-0.15, -0.1) is 0 Å². The van der Waals surface area contributed by atoms with E-state index in [1.54, 1.807) is 0 Å². The fourth-order valence-corrected chi connectivity index (χ4v) is 3.30. The van der Waals surface area contributed by atoms with Crippen molar-refractivity contribution in [2.24, 2.45) is 17.8 Å². The fourth-order valence-electron chi connectivity index (χ4n) is 3.30. The number of carboxylic acid groups (broad SMARTS) is 1. The van der Waals surface area contributed by atoms with Gasteiger partial charge < -0.3 is 10.0 Å². The lowest BCUT2D eigenvalue weighted by Crippen LogP contribution is -2.52. The molecular formula is C12H21NO2. The van der Waals surface area contributed by atoms with Crippen molar-refractivity contribution in [2.75, 3.05) is 13.1 Å². The first-order chi connectivity index (χ1) is 7.09. The van der Waals surface area contributed by atoms with E-state index in [1.807, 2.05) is 0 Å². The average molecular weight is 211 g/mol. The zero-order valence-electron chi connectivity index (χ0n) is 9.65. The maximum Gasteiger partial charge on any atom is 0.307 e. The minimum absolute atomic E-state index is 0.0613. The van der Waals surface area contributed by atoms with Crippen molar-refractivity contribution in [1.29, 1.82) is 0 Å². The van der Waals surface area contributed by atoms with Crippen molar-refractivity contribution >= 4 is 5.97 Å². The summed E-state index contributed by atoms with van der Waals surface area (Å²) in [5, 5.41) is 9.25. The van der Waals surface area contributed by atoms with Gasteiger partial charge in [-0.1, -0.05) is 6.42 Å². The maximum absolute atomic E-state index is 11.2. The van der Waals surface area contributed by atoms with Gasteiger partial charge in [0.25, 0.3) is 0 Å². The van der Waals surface area contributed by atoms with Crippen LogP contribution in [0.1, 0.15) is 33.1 Å². The molecule has 2 unspecified atom stereocenters. The molecule has 2 bridgehead atoms. The Labute approximate surface area is 91.5 Å². The highest BCUT2D eigenvalue weighted by Crippen LogP contribution is 2.40. The molecule has 15 heavy (non-hydrogen) atoms. The summed E-state index contributed by atoms with van der Waals surface area (Å²) >= 11 is 0. The molecule has 86 valence electrons. The minimum Gasteiger partial charge on any atom is -0.481 e. The number of carboxylic acids is 1. The first kappa shape index (κ1) is 10.9. The van der Waals surface area contributed by atoms with Crippen molar-refractivity contribution in [2.45, 2.75) is 39.2 Å². The first-order valence-electron chi connectivity index (χ1n) is 6.06. The quantitative estimate of drug-likeness (QED) is 0.757. The number of carbonyl (C=O) groups is 1. The summed E-state index contributed by atoms with van der Waals surface area (Å²) in [6.07, 6.45) is 3.44. The van der Waals surface area contributed by atoms with E-state index in [0.29, 0.717) is 17.9 Å². The highest BCUT2D eigenvalue weighted by Gasteiger charge is 2.43. The van der Waals surface area contributed by atoms with Crippen LogP contribution >= 0.6 is 0 Å². The zero-order valence-corrected chi connectivity index (χ0v) is 9.65. The van der Waals surface area contributed by atoms with Crippen LogP contribution < -0.4 is 0 Å². The van der Waals surface area contributed by atoms with Gasteiger partial charge in [-0.05, 0) is 38.5 Å². The van der Waals surface area contributed by atoms with Crippen LogP contribution in [-0.2, 0) is 4.79 Å². The number of aliphatic carboxylic acids is 1. The molecule has 3 heteroatoms. The molecule has 1 heterocycles. The molecule has 0 amide bonds. The molecule has 1 N–H and O–H groups in total. The summed E-state index contributed by atoms with van der Waals surface area (Å²) in [5.74, 6) is 0.177. The Morgan fingerprint density at radius 1 is 1.27 bits per heavy atom. The molecule has 0 aromatic carbocycles. The highest BCUT2D eigenvalue weighted by molar-refractivity contribution is 5.71. The molecule has 2 atom stereocenters. The van der Waals surface area contributed by atoms with Crippen molar-refractivity contribution in [3.8, 4) is 0 Å². The van der Waals surface area contributed by atoms with Gasteiger partial charge in [0.1, 0.15) is 0 Å². The Morgan fingerprint density at radius 2 is 1.80 bits per heavy atom. The molecule has 0 aromatic rings. The second-order valence-corrected chi connectivity index (χ2v) is 5.36. The lowest BCUT2D eigenvalue weighted by Gasteiger charge is -2.47. The topological polar surface area (TPSA) is 40.5 Å². The van der Waals surface area contributed by atoms with Gasteiger partial charge >= 0.3 is 5.97 Å². The smallest absolute Gasteiger partial charge is 0.307 e. The molecule has 1 aliphatic carbocycles. The normalized spacial score (nSPS) is 36.9. The molecule has 0 spiro atoms. The predicted molar refractivity (Wildman–Crippen MR) is 58.7 cm³/mol. The van der Waals surface area contributed by atoms with Crippen LogP contribution in [0.25, 0.3) is 0 Å². The summed E-state index contributed by atoms with van der Waals surface area (Å²) < 4.78 is 0. The summed E-state index contributed by atoms with van der Waals surface area (Å²) in [6.45, 7) is 6.39. The number of likely N-dealkylation sites (tertiary alicyclic amines) is 1. The molecule has 1 saturated carbocycles. The summed E-state index contributed by atoms with van der Waals surface area (Å²) in [5.41, 5.74) is 0. The van der Waals surface area contributed by atoms with E-state index in [2.05, 4.69) is 18.7 Å². The van der Waals surface area contributed by atoms with Gasteiger partial charge in [-0.3, -0.25) is 4.79 Å². The van der Waals surface area contributed by atoms with Crippen molar-refractivity contribution in [3.63, 3.8) is 0 Å². The molecule has 3 nitrogen and oxygen atoms in total. The third-order valence-corrected chi connectivity index (χ3v) is 4.12. The van der Waals surface area contributed by atoms with Crippen LogP contribution in [0.2, 0.25) is 0 Å². The molecule has 2 aliphatic rings. The largest absolute Gasteiger partial charge is 0.481 e. The van der Waals surface area contributed by atoms with Crippen molar-refractivity contribution < 1.29 is 9.90 Å². The van der Waals surface area contributed by atoms with E-state index in [-0.39, 0.29) is 5.92 Å². The Morgan fingerprint density at radius 3 is 2.20 bits per heavy atom. The number of fused-ring (bicyclic) bond motifs is 2. The fraction of sp³-hybridized carbons (Fsp3) is 0.917. The second kappa shape index (κ2) is 4.12. The number of hydrogen-bond donors (Lipinski definition) is 1. The van der Waals surface area contributed by atoms with E-state index in [0.717, 1.165) is 25.9 Å². The summed E-state index contributed by atoms with van der Waals surface area (Å²) in [6, 6.07) is 0.558. The predicted octanol–water partition coefficient (Wildman–Crippen LogP) is 1.83. The monoisotopic (exact) mass is 211 g/mol. The Hall–Kier alpha value is -0.570. The van der Waals surface area contributed by atoms with Gasteiger partial charge in [-0.2, -0.15) is 0 Å². The highest BCUT2D eigenvalue weighted by atomic mass is 16.4. The molecule has 1 saturated heterocycles. The Bertz CT molecular complexity index is 238. The van der Waals surface area contributed by atoms with Crippen molar-refractivity contribution in [3.05, 3.63) is 0 Å². The third kappa shape index (κ3) is 2.03. The third-order valence-electron chi connectivity index (χ3n) is 4.12.